The number of amides is 2. The standard InChI is InChI=1S/C19H20Cl2N2O2S/c1-26-11-10-17(23-18(24)14-7-3-5-9-16(14)21)19(25)22-12-13-6-2-4-8-15(13)20/h2-9,17H,10-12H2,1H3,(H,22,25)(H,23,24)/t17-/m0/s1. The normalized spacial score (nSPS) is 11.7. The van der Waals surface area contributed by atoms with E-state index in [0.717, 1.165) is 11.3 Å². The van der Waals surface area contributed by atoms with E-state index in [4.69, 9.17) is 23.2 Å². The lowest BCUT2D eigenvalue weighted by atomic mass is 10.1. The highest BCUT2D eigenvalue weighted by molar-refractivity contribution is 7.98. The molecule has 2 amide bonds. The van der Waals surface area contributed by atoms with Crippen LogP contribution in [0, 0.1) is 0 Å². The van der Waals surface area contributed by atoms with Gasteiger partial charge in [0.05, 0.1) is 10.6 Å². The minimum absolute atomic E-state index is 0.251. The molecule has 0 bridgehead atoms. The van der Waals surface area contributed by atoms with Gasteiger partial charge in [-0.25, -0.2) is 0 Å². The van der Waals surface area contributed by atoms with Gasteiger partial charge in [-0.05, 0) is 42.2 Å². The number of hydrogen-bond acceptors (Lipinski definition) is 3. The summed E-state index contributed by atoms with van der Waals surface area (Å²) in [7, 11) is 0. The maximum atomic E-state index is 12.6. The fraction of sp³-hybridized carbons (Fsp3) is 0.263. The van der Waals surface area contributed by atoms with Crippen molar-refractivity contribution in [2.24, 2.45) is 0 Å². The molecule has 2 aromatic rings. The molecule has 2 rings (SSSR count). The number of benzene rings is 2. The number of thioether (sulfide) groups is 1. The lowest BCUT2D eigenvalue weighted by Crippen LogP contribution is -2.47. The summed E-state index contributed by atoms with van der Waals surface area (Å²) in [5.41, 5.74) is 1.17. The maximum absolute atomic E-state index is 12.6. The van der Waals surface area contributed by atoms with Crippen molar-refractivity contribution in [1.29, 1.82) is 0 Å². The molecule has 7 heteroatoms. The number of rotatable bonds is 8. The molecule has 0 aliphatic rings. The predicted octanol–water partition coefficient (Wildman–Crippen LogP) is 4.16. The average molecular weight is 411 g/mol. The van der Waals surface area contributed by atoms with Gasteiger partial charge in [0.1, 0.15) is 6.04 Å². The van der Waals surface area contributed by atoms with E-state index in [0.29, 0.717) is 28.6 Å². The van der Waals surface area contributed by atoms with Crippen LogP contribution in [-0.4, -0.2) is 29.9 Å². The fourth-order valence-electron chi connectivity index (χ4n) is 2.33. The lowest BCUT2D eigenvalue weighted by molar-refractivity contribution is -0.123. The third-order valence-electron chi connectivity index (χ3n) is 3.76. The molecule has 138 valence electrons. The Bertz CT molecular complexity index is 771. The molecule has 4 nitrogen and oxygen atoms in total. The van der Waals surface area contributed by atoms with Crippen LogP contribution in [0.3, 0.4) is 0 Å². The molecule has 2 aromatic carbocycles. The van der Waals surface area contributed by atoms with Gasteiger partial charge in [0.25, 0.3) is 5.91 Å². The zero-order chi connectivity index (χ0) is 18.9. The molecule has 0 aromatic heterocycles. The van der Waals surface area contributed by atoms with Gasteiger partial charge in [0.15, 0.2) is 0 Å². The summed E-state index contributed by atoms with van der Waals surface area (Å²) in [4.78, 5) is 25.0. The predicted molar refractivity (Wildman–Crippen MR) is 109 cm³/mol. The molecule has 0 saturated carbocycles. The fourth-order valence-corrected chi connectivity index (χ4v) is 3.23. The Morgan fingerprint density at radius 1 is 1.04 bits per heavy atom. The Morgan fingerprint density at radius 2 is 1.69 bits per heavy atom. The number of carbonyl (C=O) groups is 2. The molecule has 0 fully saturated rings. The first kappa shape index (κ1) is 20.6. The third kappa shape index (κ3) is 5.94. The second-order valence-electron chi connectivity index (χ2n) is 5.60. The van der Waals surface area contributed by atoms with Crippen LogP contribution < -0.4 is 10.6 Å². The van der Waals surface area contributed by atoms with Gasteiger partial charge in [-0.2, -0.15) is 11.8 Å². The first-order valence-corrected chi connectivity index (χ1v) is 10.2. The smallest absolute Gasteiger partial charge is 0.253 e. The highest BCUT2D eigenvalue weighted by Gasteiger charge is 2.22. The summed E-state index contributed by atoms with van der Waals surface area (Å²) in [5.74, 6) is 0.126. The van der Waals surface area contributed by atoms with Crippen LogP contribution >= 0.6 is 35.0 Å². The van der Waals surface area contributed by atoms with Crippen molar-refractivity contribution in [2.45, 2.75) is 19.0 Å². The Labute approximate surface area is 167 Å². The molecule has 0 saturated heterocycles. The second-order valence-corrected chi connectivity index (χ2v) is 7.40. The molecule has 0 unspecified atom stereocenters. The van der Waals surface area contributed by atoms with Crippen LogP contribution in [0.4, 0.5) is 0 Å². The van der Waals surface area contributed by atoms with Crippen molar-refractivity contribution < 1.29 is 9.59 Å². The summed E-state index contributed by atoms with van der Waals surface area (Å²) in [6, 6.07) is 13.4. The number of hydrogen-bond donors (Lipinski definition) is 2. The van der Waals surface area contributed by atoms with E-state index in [1.807, 2.05) is 24.5 Å². The zero-order valence-electron chi connectivity index (χ0n) is 14.3. The minimum atomic E-state index is -0.645. The van der Waals surface area contributed by atoms with Crippen molar-refractivity contribution in [3.8, 4) is 0 Å². The van der Waals surface area contributed by atoms with Crippen LogP contribution in [0.2, 0.25) is 10.0 Å². The third-order valence-corrected chi connectivity index (χ3v) is 5.10. The van der Waals surface area contributed by atoms with Gasteiger partial charge < -0.3 is 10.6 Å². The molecule has 0 radical (unpaired) electrons. The average Bonchev–Trinajstić information content (AvgIpc) is 2.64. The Balaban J connectivity index is 2.03. The Kier molecular flexibility index (Phi) is 8.29. The van der Waals surface area contributed by atoms with Crippen molar-refractivity contribution >= 4 is 46.8 Å². The van der Waals surface area contributed by atoms with E-state index in [2.05, 4.69) is 10.6 Å². The van der Waals surface area contributed by atoms with Crippen LogP contribution in [0.15, 0.2) is 48.5 Å². The second kappa shape index (κ2) is 10.5. The first-order valence-electron chi connectivity index (χ1n) is 8.08. The summed E-state index contributed by atoms with van der Waals surface area (Å²) in [5, 5.41) is 6.56. The van der Waals surface area contributed by atoms with Gasteiger partial charge in [0.2, 0.25) is 5.91 Å². The van der Waals surface area contributed by atoms with Gasteiger partial charge >= 0.3 is 0 Å². The molecule has 1 atom stereocenters. The van der Waals surface area contributed by atoms with Crippen molar-refractivity contribution in [2.75, 3.05) is 12.0 Å². The SMILES string of the molecule is CSCC[C@H](NC(=O)c1ccccc1Cl)C(=O)NCc1ccccc1Cl. The number of carbonyl (C=O) groups excluding carboxylic acids is 2. The van der Waals surface area contributed by atoms with Gasteiger partial charge in [0, 0.05) is 11.6 Å². The largest absolute Gasteiger partial charge is 0.350 e. The molecule has 2 N–H and O–H groups in total. The van der Waals surface area contributed by atoms with Gasteiger partial charge in [-0.3, -0.25) is 9.59 Å². The quantitative estimate of drug-likeness (QED) is 0.686. The van der Waals surface area contributed by atoms with E-state index in [-0.39, 0.29) is 11.8 Å². The summed E-state index contributed by atoms with van der Waals surface area (Å²) >= 11 is 13.8. The maximum Gasteiger partial charge on any atom is 0.253 e. The van der Waals surface area contributed by atoms with E-state index >= 15 is 0 Å². The van der Waals surface area contributed by atoms with Gasteiger partial charge in [-0.15, -0.1) is 0 Å². The highest BCUT2D eigenvalue weighted by atomic mass is 35.5. The lowest BCUT2D eigenvalue weighted by Gasteiger charge is -2.19. The first-order chi connectivity index (χ1) is 12.5. The summed E-state index contributed by atoms with van der Waals surface area (Å²) in [6.07, 6.45) is 2.47. The molecule has 0 aliphatic carbocycles. The van der Waals surface area contributed by atoms with Crippen LogP contribution in [0.5, 0.6) is 0 Å². The van der Waals surface area contributed by atoms with Gasteiger partial charge in [-0.1, -0.05) is 53.5 Å². The van der Waals surface area contributed by atoms with Crippen molar-refractivity contribution in [1.82, 2.24) is 10.6 Å². The zero-order valence-corrected chi connectivity index (χ0v) is 16.6. The van der Waals surface area contributed by atoms with E-state index < -0.39 is 6.04 Å². The summed E-state index contributed by atoms with van der Waals surface area (Å²) < 4.78 is 0. The monoisotopic (exact) mass is 410 g/mol. The van der Waals surface area contributed by atoms with Crippen LogP contribution in [0.25, 0.3) is 0 Å². The Hall–Kier alpha value is -1.69. The molecular formula is C19H20Cl2N2O2S. The van der Waals surface area contributed by atoms with E-state index in [1.54, 1.807) is 42.1 Å². The molecule has 0 aliphatic heterocycles. The van der Waals surface area contributed by atoms with Crippen LogP contribution in [-0.2, 0) is 11.3 Å². The Morgan fingerprint density at radius 3 is 2.35 bits per heavy atom. The minimum Gasteiger partial charge on any atom is -0.350 e. The molecule has 0 heterocycles. The van der Waals surface area contributed by atoms with Crippen molar-refractivity contribution in [3.05, 3.63) is 69.7 Å². The van der Waals surface area contributed by atoms with E-state index in [1.165, 1.54) is 0 Å². The van der Waals surface area contributed by atoms with Crippen molar-refractivity contribution in [3.63, 3.8) is 0 Å². The highest BCUT2D eigenvalue weighted by Crippen LogP contribution is 2.16. The molecule has 26 heavy (non-hydrogen) atoms. The number of nitrogens with one attached hydrogen (secondary N) is 2. The topological polar surface area (TPSA) is 58.2 Å². The molecule has 0 spiro atoms. The van der Waals surface area contributed by atoms with E-state index in [9.17, 15) is 9.59 Å². The molecular weight excluding hydrogens is 391 g/mol. The summed E-state index contributed by atoms with van der Waals surface area (Å²) in [6.45, 7) is 0.302. The van der Waals surface area contributed by atoms with Crippen LogP contribution in [0.1, 0.15) is 22.3 Å². The number of halogens is 2.